The van der Waals surface area contributed by atoms with Crippen LogP contribution in [0.3, 0.4) is 0 Å². The van der Waals surface area contributed by atoms with Crippen molar-refractivity contribution < 1.29 is 38.7 Å². The lowest BCUT2D eigenvalue weighted by molar-refractivity contribution is -0.144. The summed E-state index contributed by atoms with van der Waals surface area (Å²) in [6.07, 6.45) is 5.86. The fraction of sp³-hybridized carbons (Fsp3) is 0.719. The van der Waals surface area contributed by atoms with Crippen LogP contribution in [-0.2, 0) is 28.8 Å². The van der Waals surface area contributed by atoms with E-state index in [1.165, 1.54) is 12.2 Å². The molecule has 1 heterocycles. The Labute approximate surface area is 285 Å². The SMILES string of the molecule is CC(C)[C@@H](C(=O)N[C@@H](CCCNC(N)=O)C(=O)N[C@@H](CCCCN)C(=O)O)N(CC[Si](C)(C)C)C(=O)CCCCCN1C(=O)C=CC1=O. The molecule has 0 spiro atoms. The second kappa shape index (κ2) is 21.2. The van der Waals surface area contributed by atoms with Gasteiger partial charge in [-0.15, -0.1) is 0 Å². The average Bonchev–Trinajstić information content (AvgIpc) is 3.31. The van der Waals surface area contributed by atoms with Crippen molar-refractivity contribution in [1.82, 2.24) is 25.8 Å². The number of carboxylic acids is 1. The molecule has 0 saturated carbocycles. The monoisotopic (exact) mass is 695 g/mol. The largest absolute Gasteiger partial charge is 0.480 e. The van der Waals surface area contributed by atoms with Gasteiger partial charge in [-0.05, 0) is 63.5 Å². The van der Waals surface area contributed by atoms with Crippen LogP contribution in [0.4, 0.5) is 4.79 Å². The summed E-state index contributed by atoms with van der Waals surface area (Å²) in [6, 6.07) is -3.21. The Bertz CT molecular complexity index is 1140. The first-order valence-corrected chi connectivity index (χ1v) is 20.6. The van der Waals surface area contributed by atoms with Crippen molar-refractivity contribution in [3.8, 4) is 0 Å². The summed E-state index contributed by atoms with van der Waals surface area (Å²) in [5.74, 6) is -3.66. The van der Waals surface area contributed by atoms with Crippen LogP contribution in [0, 0.1) is 5.92 Å². The number of amides is 7. The predicted molar refractivity (Wildman–Crippen MR) is 184 cm³/mol. The zero-order valence-corrected chi connectivity index (χ0v) is 30.2. The summed E-state index contributed by atoms with van der Waals surface area (Å²) < 4.78 is 0. The molecule has 16 heteroatoms. The number of nitrogens with two attached hydrogens (primary N) is 2. The first-order chi connectivity index (χ1) is 22.5. The highest BCUT2D eigenvalue weighted by Gasteiger charge is 2.36. The molecule has 1 rings (SSSR count). The van der Waals surface area contributed by atoms with Gasteiger partial charge >= 0.3 is 12.0 Å². The molecule has 1 aliphatic rings. The topological polar surface area (TPSA) is 234 Å². The number of carbonyl (C=O) groups excluding carboxylic acids is 6. The Balaban J connectivity index is 3.11. The second-order valence-corrected chi connectivity index (χ2v) is 19.4. The molecule has 15 nitrogen and oxygen atoms in total. The first-order valence-electron chi connectivity index (χ1n) is 16.9. The molecular formula is C32H57N7O8Si. The van der Waals surface area contributed by atoms with E-state index in [1.54, 1.807) is 4.90 Å². The minimum Gasteiger partial charge on any atom is -0.480 e. The third-order valence-electron chi connectivity index (χ3n) is 8.00. The van der Waals surface area contributed by atoms with Crippen molar-refractivity contribution >= 4 is 49.6 Å². The maximum absolute atomic E-state index is 14.0. The van der Waals surface area contributed by atoms with Gasteiger partial charge in [-0.3, -0.25) is 28.9 Å². The normalized spacial score (nSPS) is 14.9. The number of rotatable bonds is 24. The number of aliphatic carboxylic acids is 1. The van der Waals surface area contributed by atoms with E-state index in [1.807, 2.05) is 13.8 Å². The molecule has 0 aromatic heterocycles. The fourth-order valence-electron chi connectivity index (χ4n) is 5.26. The quantitative estimate of drug-likeness (QED) is 0.0484. The lowest BCUT2D eigenvalue weighted by Gasteiger charge is -2.36. The van der Waals surface area contributed by atoms with Gasteiger partial charge in [-0.2, -0.15) is 0 Å². The van der Waals surface area contributed by atoms with Crippen LogP contribution >= 0.6 is 0 Å². The lowest BCUT2D eigenvalue weighted by Crippen LogP contribution is -2.58. The maximum Gasteiger partial charge on any atom is 0.326 e. The summed E-state index contributed by atoms with van der Waals surface area (Å²) in [5, 5.41) is 17.4. The van der Waals surface area contributed by atoms with Gasteiger partial charge in [-0.25, -0.2) is 9.59 Å². The van der Waals surface area contributed by atoms with Crippen LogP contribution < -0.4 is 27.4 Å². The molecular weight excluding hydrogens is 638 g/mol. The van der Waals surface area contributed by atoms with Crippen LogP contribution in [0.2, 0.25) is 25.7 Å². The Morgan fingerprint density at radius 1 is 0.875 bits per heavy atom. The number of nitrogens with zero attached hydrogens (tertiary/aromatic N) is 2. The summed E-state index contributed by atoms with van der Waals surface area (Å²) in [6.45, 7) is 11.3. The van der Waals surface area contributed by atoms with Gasteiger partial charge in [0.25, 0.3) is 11.8 Å². The molecule has 272 valence electrons. The number of carboxylic acid groups (broad SMARTS) is 1. The smallest absolute Gasteiger partial charge is 0.326 e. The standard InChI is InChI=1S/C32H57N7O8Si/c1-22(2)28(39(20-21-48(3,4)5)25(40)14-7-6-10-19-38-26(41)15-16-27(38)42)30(44)36-23(13-11-18-35-32(34)47)29(43)37-24(31(45)46)12-8-9-17-33/h15-16,22-24,28H,6-14,17-21,33H2,1-5H3,(H,36,44)(H,37,43)(H,45,46)(H3,34,35,47)/t23-,24-,28-/m0/s1. The van der Waals surface area contributed by atoms with Crippen molar-refractivity contribution in [3.05, 3.63) is 12.2 Å². The molecule has 0 unspecified atom stereocenters. The molecule has 0 aromatic rings. The zero-order chi connectivity index (χ0) is 36.4. The second-order valence-electron chi connectivity index (χ2n) is 13.7. The zero-order valence-electron chi connectivity index (χ0n) is 29.2. The van der Waals surface area contributed by atoms with Gasteiger partial charge in [0.05, 0.1) is 0 Å². The minimum absolute atomic E-state index is 0.0815. The van der Waals surface area contributed by atoms with Crippen LogP contribution in [0.25, 0.3) is 0 Å². The first kappa shape index (κ1) is 42.2. The van der Waals surface area contributed by atoms with Crippen LogP contribution in [-0.4, -0.2) is 109 Å². The molecule has 0 bridgehead atoms. The number of carbonyl (C=O) groups is 7. The van der Waals surface area contributed by atoms with Crippen molar-refractivity contribution in [2.24, 2.45) is 17.4 Å². The Morgan fingerprint density at radius 2 is 1.48 bits per heavy atom. The van der Waals surface area contributed by atoms with E-state index in [4.69, 9.17) is 11.5 Å². The van der Waals surface area contributed by atoms with E-state index < -0.39 is 50.0 Å². The average molecular weight is 696 g/mol. The van der Waals surface area contributed by atoms with Crippen molar-refractivity contribution in [1.29, 1.82) is 0 Å². The fourth-order valence-corrected chi connectivity index (χ4v) is 6.17. The van der Waals surface area contributed by atoms with Gasteiger partial charge in [0.15, 0.2) is 0 Å². The van der Waals surface area contributed by atoms with Crippen molar-refractivity contribution in [2.45, 2.75) is 115 Å². The van der Waals surface area contributed by atoms with E-state index in [2.05, 4.69) is 35.6 Å². The maximum atomic E-state index is 14.0. The lowest BCUT2D eigenvalue weighted by atomic mass is 9.99. The third kappa shape index (κ3) is 15.9. The van der Waals surface area contributed by atoms with E-state index in [0.29, 0.717) is 45.2 Å². The van der Waals surface area contributed by atoms with Gasteiger partial charge in [0.1, 0.15) is 18.1 Å². The van der Waals surface area contributed by atoms with Gasteiger partial charge < -0.3 is 37.4 Å². The number of unbranched alkanes of at least 4 members (excludes halogenated alkanes) is 3. The molecule has 0 radical (unpaired) electrons. The summed E-state index contributed by atoms with van der Waals surface area (Å²) in [5.41, 5.74) is 10.7. The Hall–Kier alpha value is -3.79. The molecule has 48 heavy (non-hydrogen) atoms. The number of imide groups is 1. The number of hydrogen-bond donors (Lipinski definition) is 6. The summed E-state index contributed by atoms with van der Waals surface area (Å²) in [7, 11) is -1.65. The number of nitrogens with one attached hydrogen (secondary N) is 3. The summed E-state index contributed by atoms with van der Waals surface area (Å²) >= 11 is 0. The molecule has 8 N–H and O–H groups in total. The predicted octanol–water partition coefficient (Wildman–Crippen LogP) is 1.29. The van der Waals surface area contributed by atoms with Crippen molar-refractivity contribution in [2.75, 3.05) is 26.2 Å². The van der Waals surface area contributed by atoms with Gasteiger partial charge in [0, 0.05) is 46.3 Å². The van der Waals surface area contributed by atoms with E-state index in [-0.39, 0.29) is 62.4 Å². The Morgan fingerprint density at radius 3 is 2.02 bits per heavy atom. The van der Waals surface area contributed by atoms with E-state index in [9.17, 15) is 38.7 Å². The summed E-state index contributed by atoms with van der Waals surface area (Å²) in [4.78, 5) is 90.4. The van der Waals surface area contributed by atoms with Crippen LogP contribution in [0.15, 0.2) is 12.2 Å². The van der Waals surface area contributed by atoms with Gasteiger partial charge in [0.2, 0.25) is 17.7 Å². The minimum atomic E-state index is -1.65. The highest BCUT2D eigenvalue weighted by molar-refractivity contribution is 6.76. The Kier molecular flexibility index (Phi) is 18.7. The van der Waals surface area contributed by atoms with E-state index >= 15 is 0 Å². The number of hydrogen-bond acceptors (Lipinski definition) is 8. The molecule has 0 aliphatic carbocycles. The molecule has 0 fully saturated rings. The molecule has 3 atom stereocenters. The highest BCUT2D eigenvalue weighted by atomic mass is 28.3. The molecule has 7 amide bonds. The number of primary amides is 1. The van der Waals surface area contributed by atoms with Crippen LogP contribution in [0.1, 0.15) is 71.6 Å². The van der Waals surface area contributed by atoms with E-state index in [0.717, 1.165) is 10.9 Å². The van der Waals surface area contributed by atoms with Crippen LogP contribution in [0.5, 0.6) is 0 Å². The highest BCUT2D eigenvalue weighted by Crippen LogP contribution is 2.19. The van der Waals surface area contributed by atoms with Gasteiger partial charge in [-0.1, -0.05) is 39.9 Å². The van der Waals surface area contributed by atoms with Crippen molar-refractivity contribution in [3.63, 3.8) is 0 Å². The molecule has 0 aromatic carbocycles. The number of urea groups is 1. The molecule has 1 aliphatic heterocycles. The molecule has 0 saturated heterocycles. The third-order valence-corrected chi connectivity index (χ3v) is 9.72.